The van der Waals surface area contributed by atoms with Gasteiger partial charge in [-0.15, -0.1) is 0 Å². The van der Waals surface area contributed by atoms with Gasteiger partial charge in [-0.25, -0.2) is 9.97 Å². The second-order valence-corrected chi connectivity index (χ2v) is 7.47. The highest BCUT2D eigenvalue weighted by atomic mass is 16.2. The van der Waals surface area contributed by atoms with Crippen LogP contribution >= 0.6 is 0 Å². The highest BCUT2D eigenvalue weighted by Crippen LogP contribution is 2.33. The molecule has 2 fully saturated rings. The maximum Gasteiger partial charge on any atom is 0.242 e. The Kier molecular flexibility index (Phi) is 4.29. The van der Waals surface area contributed by atoms with Gasteiger partial charge >= 0.3 is 0 Å². The van der Waals surface area contributed by atoms with E-state index in [0.29, 0.717) is 25.2 Å². The fourth-order valence-electron chi connectivity index (χ4n) is 4.10. The van der Waals surface area contributed by atoms with Crippen LogP contribution < -0.4 is 10.2 Å². The fourth-order valence-corrected chi connectivity index (χ4v) is 4.10. The number of hydrogen-bond donors (Lipinski definition) is 1. The predicted octanol–water partition coefficient (Wildman–Crippen LogP) is 2.55. The molecule has 0 bridgehead atoms. The zero-order chi connectivity index (χ0) is 16.5. The van der Waals surface area contributed by atoms with Crippen LogP contribution in [-0.4, -0.2) is 46.5 Å². The van der Waals surface area contributed by atoms with E-state index in [9.17, 15) is 4.79 Å². The summed E-state index contributed by atoms with van der Waals surface area (Å²) in [6.45, 7) is 1.04. The molecule has 24 heavy (non-hydrogen) atoms. The van der Waals surface area contributed by atoms with Gasteiger partial charge in [-0.3, -0.25) is 4.79 Å². The number of nitrogens with one attached hydrogen (secondary N) is 1. The number of rotatable bonds is 3. The van der Waals surface area contributed by atoms with Gasteiger partial charge < -0.3 is 15.1 Å². The fraction of sp³-hybridized carbons (Fsp3) is 0.722. The van der Waals surface area contributed by atoms with Crippen LogP contribution in [0.3, 0.4) is 0 Å². The zero-order valence-corrected chi connectivity index (χ0v) is 14.5. The molecule has 0 spiro atoms. The molecule has 2 aliphatic carbocycles. The molecule has 3 aliphatic rings. The van der Waals surface area contributed by atoms with Crippen LogP contribution in [0, 0.1) is 0 Å². The molecule has 130 valence electrons. The Morgan fingerprint density at radius 3 is 2.54 bits per heavy atom. The molecular weight excluding hydrogens is 302 g/mol. The molecule has 1 aromatic rings. The molecule has 0 unspecified atom stereocenters. The van der Waals surface area contributed by atoms with E-state index in [2.05, 4.69) is 20.2 Å². The monoisotopic (exact) mass is 329 g/mol. The van der Waals surface area contributed by atoms with E-state index in [1.165, 1.54) is 38.5 Å². The van der Waals surface area contributed by atoms with Gasteiger partial charge in [0.1, 0.15) is 18.0 Å². The summed E-state index contributed by atoms with van der Waals surface area (Å²) in [4.78, 5) is 25.7. The van der Waals surface area contributed by atoms with E-state index in [1.54, 1.807) is 6.33 Å². The molecule has 4 rings (SSSR count). The quantitative estimate of drug-likeness (QED) is 0.923. The Balaban J connectivity index is 1.63. The van der Waals surface area contributed by atoms with E-state index < -0.39 is 0 Å². The molecule has 0 saturated heterocycles. The Hall–Kier alpha value is -1.85. The first-order valence-electron chi connectivity index (χ1n) is 9.33. The minimum atomic E-state index is 0.212. The average molecular weight is 329 g/mol. The summed E-state index contributed by atoms with van der Waals surface area (Å²) in [7, 11) is 1.96. The number of nitrogens with zero attached hydrogens (tertiary/aromatic N) is 4. The number of anilines is 2. The second kappa shape index (κ2) is 6.57. The maximum atomic E-state index is 12.6. The molecule has 1 aromatic heterocycles. The topological polar surface area (TPSA) is 61.4 Å². The second-order valence-electron chi connectivity index (χ2n) is 7.47. The van der Waals surface area contributed by atoms with Crippen molar-refractivity contribution in [2.24, 2.45) is 0 Å². The van der Waals surface area contributed by atoms with Crippen molar-refractivity contribution >= 4 is 17.5 Å². The summed E-state index contributed by atoms with van der Waals surface area (Å²) in [6.07, 6.45) is 11.5. The number of hydrogen-bond acceptors (Lipinski definition) is 5. The Morgan fingerprint density at radius 1 is 1.04 bits per heavy atom. The summed E-state index contributed by atoms with van der Waals surface area (Å²) in [5, 5.41) is 3.65. The Labute approximate surface area is 143 Å². The summed E-state index contributed by atoms with van der Waals surface area (Å²) < 4.78 is 0. The minimum Gasteiger partial charge on any atom is -0.367 e. The van der Waals surface area contributed by atoms with Gasteiger partial charge in [-0.1, -0.05) is 19.3 Å². The highest BCUT2D eigenvalue weighted by Gasteiger charge is 2.34. The number of carbonyl (C=O) groups is 1. The predicted molar refractivity (Wildman–Crippen MR) is 94.0 cm³/mol. The molecule has 6 nitrogen and oxygen atoms in total. The Morgan fingerprint density at radius 2 is 1.83 bits per heavy atom. The average Bonchev–Trinajstić information content (AvgIpc) is 2.66. The Bertz CT molecular complexity index is 609. The summed E-state index contributed by atoms with van der Waals surface area (Å²) >= 11 is 0. The van der Waals surface area contributed by atoms with Crippen LogP contribution in [0.5, 0.6) is 0 Å². The molecule has 0 radical (unpaired) electrons. The van der Waals surface area contributed by atoms with Crippen molar-refractivity contribution in [1.82, 2.24) is 14.9 Å². The highest BCUT2D eigenvalue weighted by molar-refractivity contribution is 5.84. The molecule has 2 saturated carbocycles. The van der Waals surface area contributed by atoms with Crippen LogP contribution in [-0.2, 0) is 11.3 Å². The third kappa shape index (κ3) is 2.94. The van der Waals surface area contributed by atoms with Crippen LogP contribution in [0.4, 0.5) is 11.6 Å². The van der Waals surface area contributed by atoms with Gasteiger partial charge in [0, 0.05) is 19.1 Å². The first-order valence-corrected chi connectivity index (χ1v) is 9.33. The smallest absolute Gasteiger partial charge is 0.242 e. The third-order valence-corrected chi connectivity index (χ3v) is 5.77. The van der Waals surface area contributed by atoms with Gasteiger partial charge in [0.05, 0.1) is 18.7 Å². The van der Waals surface area contributed by atoms with E-state index >= 15 is 0 Å². The molecule has 6 heteroatoms. The number of aromatic nitrogens is 2. The van der Waals surface area contributed by atoms with E-state index in [4.69, 9.17) is 0 Å². The van der Waals surface area contributed by atoms with Gasteiger partial charge in [0.2, 0.25) is 5.91 Å². The van der Waals surface area contributed by atoms with E-state index in [0.717, 1.165) is 30.0 Å². The molecule has 0 atom stereocenters. The zero-order valence-electron chi connectivity index (χ0n) is 14.5. The molecule has 1 aliphatic heterocycles. The van der Waals surface area contributed by atoms with Crippen LogP contribution in [0.1, 0.15) is 56.9 Å². The minimum absolute atomic E-state index is 0.212. The van der Waals surface area contributed by atoms with Crippen molar-refractivity contribution in [1.29, 1.82) is 0 Å². The molecular formula is C18H27N5O. The summed E-state index contributed by atoms with van der Waals surface area (Å²) in [6, 6.07) is 0.902. The standard InChI is InChI=1S/C18H27N5O/c1-22-11-16(24)23(14-8-5-9-14)10-15-17(19-12-20-18(15)22)21-13-6-3-2-4-7-13/h12-14H,2-11H2,1H3,(H,19,20,21). The first-order chi connectivity index (χ1) is 11.7. The largest absolute Gasteiger partial charge is 0.367 e. The number of carbonyl (C=O) groups excluding carboxylic acids is 1. The first kappa shape index (κ1) is 15.7. The van der Waals surface area contributed by atoms with Crippen molar-refractivity contribution in [3.8, 4) is 0 Å². The molecule has 2 heterocycles. The van der Waals surface area contributed by atoms with Gasteiger partial charge in [0.25, 0.3) is 0 Å². The maximum absolute atomic E-state index is 12.6. The van der Waals surface area contributed by atoms with E-state index in [1.807, 2.05) is 11.9 Å². The summed E-state index contributed by atoms with van der Waals surface area (Å²) in [5.41, 5.74) is 1.09. The van der Waals surface area contributed by atoms with Gasteiger partial charge in [-0.05, 0) is 32.1 Å². The van der Waals surface area contributed by atoms with Crippen molar-refractivity contribution in [3.05, 3.63) is 11.9 Å². The lowest BCUT2D eigenvalue weighted by Crippen LogP contribution is -2.45. The van der Waals surface area contributed by atoms with Crippen molar-refractivity contribution in [2.75, 3.05) is 23.8 Å². The molecule has 1 amide bonds. The lowest BCUT2D eigenvalue weighted by Gasteiger charge is -2.37. The molecule has 0 aromatic carbocycles. The van der Waals surface area contributed by atoms with E-state index in [-0.39, 0.29) is 5.91 Å². The normalized spacial score (nSPS) is 22.8. The van der Waals surface area contributed by atoms with Crippen molar-refractivity contribution < 1.29 is 4.79 Å². The van der Waals surface area contributed by atoms with Crippen LogP contribution in [0.25, 0.3) is 0 Å². The van der Waals surface area contributed by atoms with Gasteiger partial charge in [-0.2, -0.15) is 0 Å². The van der Waals surface area contributed by atoms with Crippen LogP contribution in [0.15, 0.2) is 6.33 Å². The number of fused-ring (bicyclic) bond motifs is 1. The number of amides is 1. The lowest BCUT2D eigenvalue weighted by molar-refractivity contribution is -0.134. The lowest BCUT2D eigenvalue weighted by atomic mass is 9.91. The van der Waals surface area contributed by atoms with Gasteiger partial charge in [0.15, 0.2) is 0 Å². The van der Waals surface area contributed by atoms with Crippen LogP contribution in [0.2, 0.25) is 0 Å². The third-order valence-electron chi connectivity index (χ3n) is 5.77. The SMILES string of the molecule is CN1CC(=O)N(C2CCC2)Cc2c(NC3CCCCC3)ncnc21. The van der Waals surface area contributed by atoms with Crippen molar-refractivity contribution in [3.63, 3.8) is 0 Å². The molecule has 1 N–H and O–H groups in total. The van der Waals surface area contributed by atoms with Crippen molar-refractivity contribution in [2.45, 2.75) is 70.0 Å². The number of likely N-dealkylation sites (N-methyl/N-ethyl adjacent to an activating group) is 1. The summed E-state index contributed by atoms with van der Waals surface area (Å²) in [5.74, 6) is 2.04.